The van der Waals surface area contributed by atoms with Crippen molar-refractivity contribution in [2.75, 3.05) is 33.2 Å². The molecule has 1 N–H and O–H groups in total. The van der Waals surface area contributed by atoms with Crippen molar-refractivity contribution < 1.29 is 0 Å². The Bertz CT molecular complexity index is 111. The van der Waals surface area contributed by atoms with Gasteiger partial charge in [0, 0.05) is 13.1 Å². The first kappa shape index (κ1) is 10.0. The summed E-state index contributed by atoms with van der Waals surface area (Å²) in [4.78, 5) is 2.46. The SMILES string of the molecule is CC.CN1C[C@H]2CCNC[C@H]2C1. The second-order valence-corrected chi connectivity index (χ2v) is 3.73. The molecule has 0 aromatic carbocycles. The quantitative estimate of drug-likeness (QED) is 0.587. The lowest BCUT2D eigenvalue weighted by molar-refractivity contribution is 0.318. The highest BCUT2D eigenvalue weighted by molar-refractivity contribution is 4.86. The van der Waals surface area contributed by atoms with Crippen molar-refractivity contribution in [2.45, 2.75) is 20.3 Å². The van der Waals surface area contributed by atoms with Crippen LogP contribution in [0.5, 0.6) is 0 Å². The van der Waals surface area contributed by atoms with Gasteiger partial charge >= 0.3 is 0 Å². The number of likely N-dealkylation sites (tertiary alicyclic amines) is 1. The van der Waals surface area contributed by atoms with Crippen molar-refractivity contribution in [2.24, 2.45) is 11.8 Å². The lowest BCUT2D eigenvalue weighted by Crippen LogP contribution is -2.35. The number of nitrogens with one attached hydrogen (secondary N) is 1. The van der Waals surface area contributed by atoms with Crippen LogP contribution < -0.4 is 5.32 Å². The van der Waals surface area contributed by atoms with Gasteiger partial charge in [-0.1, -0.05) is 13.8 Å². The standard InChI is InChI=1S/C8H16N2.C2H6/c1-10-5-7-2-3-9-4-8(7)6-10;1-2/h7-9H,2-6H2,1H3;1-2H3/t7-,8+;/m1./s1. The van der Waals surface area contributed by atoms with Crippen LogP contribution in [-0.4, -0.2) is 38.1 Å². The van der Waals surface area contributed by atoms with Gasteiger partial charge in [0.05, 0.1) is 0 Å². The zero-order valence-corrected chi connectivity index (χ0v) is 8.64. The number of fused-ring (bicyclic) bond motifs is 1. The summed E-state index contributed by atoms with van der Waals surface area (Å²) >= 11 is 0. The molecule has 12 heavy (non-hydrogen) atoms. The molecule has 0 bridgehead atoms. The number of nitrogens with zero attached hydrogens (tertiary/aromatic N) is 1. The Labute approximate surface area is 76.3 Å². The Morgan fingerprint density at radius 2 is 1.83 bits per heavy atom. The van der Waals surface area contributed by atoms with Crippen LogP contribution in [0.25, 0.3) is 0 Å². The van der Waals surface area contributed by atoms with Gasteiger partial charge in [-0.05, 0) is 38.4 Å². The van der Waals surface area contributed by atoms with E-state index in [0.717, 1.165) is 11.8 Å². The molecule has 0 unspecified atom stereocenters. The Hall–Kier alpha value is -0.0800. The molecule has 0 aromatic rings. The van der Waals surface area contributed by atoms with Crippen molar-refractivity contribution in [3.8, 4) is 0 Å². The highest BCUT2D eigenvalue weighted by atomic mass is 15.1. The molecular weight excluding hydrogens is 148 g/mol. The monoisotopic (exact) mass is 170 g/mol. The van der Waals surface area contributed by atoms with E-state index in [2.05, 4.69) is 17.3 Å². The van der Waals surface area contributed by atoms with E-state index in [1.165, 1.54) is 32.6 Å². The fourth-order valence-electron chi connectivity index (χ4n) is 2.31. The summed E-state index contributed by atoms with van der Waals surface area (Å²) in [5.74, 6) is 1.96. The Morgan fingerprint density at radius 3 is 2.50 bits per heavy atom. The number of hydrogen-bond donors (Lipinski definition) is 1. The van der Waals surface area contributed by atoms with Gasteiger partial charge in [0.25, 0.3) is 0 Å². The Balaban J connectivity index is 0.000000336. The Morgan fingerprint density at radius 1 is 1.17 bits per heavy atom. The third-order valence-electron chi connectivity index (χ3n) is 2.86. The molecule has 72 valence electrons. The summed E-state index contributed by atoms with van der Waals surface area (Å²) in [6.07, 6.45) is 1.40. The zero-order chi connectivity index (χ0) is 8.97. The molecule has 0 saturated carbocycles. The summed E-state index contributed by atoms with van der Waals surface area (Å²) in [7, 11) is 2.23. The predicted octanol–water partition coefficient (Wildman–Crippen LogP) is 1.18. The molecule has 2 fully saturated rings. The maximum atomic E-state index is 3.45. The van der Waals surface area contributed by atoms with E-state index < -0.39 is 0 Å². The van der Waals surface area contributed by atoms with Crippen LogP contribution >= 0.6 is 0 Å². The lowest BCUT2D eigenvalue weighted by atomic mass is 9.90. The molecular formula is C10H22N2. The number of hydrogen-bond acceptors (Lipinski definition) is 2. The van der Waals surface area contributed by atoms with Crippen LogP contribution in [0.1, 0.15) is 20.3 Å². The van der Waals surface area contributed by atoms with Gasteiger partial charge in [-0.25, -0.2) is 0 Å². The Kier molecular flexibility index (Phi) is 4.02. The second-order valence-electron chi connectivity index (χ2n) is 3.73. The maximum absolute atomic E-state index is 3.45. The molecule has 2 atom stereocenters. The summed E-state index contributed by atoms with van der Waals surface area (Å²) in [6, 6.07) is 0. The van der Waals surface area contributed by atoms with Crippen LogP contribution in [0.3, 0.4) is 0 Å². The average Bonchev–Trinajstić information content (AvgIpc) is 2.48. The van der Waals surface area contributed by atoms with E-state index in [1.54, 1.807) is 0 Å². The summed E-state index contributed by atoms with van der Waals surface area (Å²) in [5.41, 5.74) is 0. The van der Waals surface area contributed by atoms with Gasteiger partial charge in [0.1, 0.15) is 0 Å². The van der Waals surface area contributed by atoms with Crippen LogP contribution in [0.4, 0.5) is 0 Å². The molecule has 0 aromatic heterocycles. The van der Waals surface area contributed by atoms with Crippen LogP contribution in [0, 0.1) is 11.8 Å². The minimum Gasteiger partial charge on any atom is -0.316 e. The first-order chi connectivity index (χ1) is 5.86. The van der Waals surface area contributed by atoms with Gasteiger partial charge < -0.3 is 10.2 Å². The fraction of sp³-hybridized carbons (Fsp3) is 1.00. The van der Waals surface area contributed by atoms with Gasteiger partial charge in [0.2, 0.25) is 0 Å². The first-order valence-corrected chi connectivity index (χ1v) is 5.25. The predicted molar refractivity (Wildman–Crippen MR) is 53.3 cm³/mol. The molecule has 2 rings (SSSR count). The molecule has 0 aliphatic carbocycles. The van der Waals surface area contributed by atoms with E-state index in [1.807, 2.05) is 13.8 Å². The lowest BCUT2D eigenvalue weighted by Gasteiger charge is -2.24. The van der Waals surface area contributed by atoms with E-state index in [-0.39, 0.29) is 0 Å². The van der Waals surface area contributed by atoms with Crippen LogP contribution in [-0.2, 0) is 0 Å². The molecule has 2 heteroatoms. The van der Waals surface area contributed by atoms with E-state index in [4.69, 9.17) is 0 Å². The summed E-state index contributed by atoms with van der Waals surface area (Å²) in [5, 5.41) is 3.45. The summed E-state index contributed by atoms with van der Waals surface area (Å²) < 4.78 is 0. The molecule has 2 saturated heterocycles. The van der Waals surface area contributed by atoms with Gasteiger partial charge in [-0.3, -0.25) is 0 Å². The maximum Gasteiger partial charge on any atom is 0.00220 e. The molecule has 2 aliphatic heterocycles. The number of rotatable bonds is 0. The normalized spacial score (nSPS) is 35.2. The van der Waals surface area contributed by atoms with E-state index in [9.17, 15) is 0 Å². The van der Waals surface area contributed by atoms with Crippen molar-refractivity contribution in [1.29, 1.82) is 0 Å². The van der Waals surface area contributed by atoms with Crippen molar-refractivity contribution in [3.05, 3.63) is 0 Å². The zero-order valence-electron chi connectivity index (χ0n) is 8.64. The van der Waals surface area contributed by atoms with Crippen molar-refractivity contribution >= 4 is 0 Å². The second kappa shape index (κ2) is 4.83. The first-order valence-electron chi connectivity index (χ1n) is 5.25. The molecule has 2 heterocycles. The fourth-order valence-corrected chi connectivity index (χ4v) is 2.31. The van der Waals surface area contributed by atoms with E-state index in [0.29, 0.717) is 0 Å². The molecule has 2 aliphatic rings. The minimum atomic E-state index is 0.957. The summed E-state index contributed by atoms with van der Waals surface area (Å²) in [6.45, 7) is 9.16. The molecule has 0 spiro atoms. The topological polar surface area (TPSA) is 15.3 Å². The van der Waals surface area contributed by atoms with Gasteiger partial charge in [-0.15, -0.1) is 0 Å². The van der Waals surface area contributed by atoms with Crippen LogP contribution in [0.2, 0.25) is 0 Å². The smallest absolute Gasteiger partial charge is 0.00220 e. The van der Waals surface area contributed by atoms with E-state index >= 15 is 0 Å². The minimum absolute atomic E-state index is 0.957. The van der Waals surface area contributed by atoms with Gasteiger partial charge in [0.15, 0.2) is 0 Å². The van der Waals surface area contributed by atoms with Crippen LogP contribution in [0.15, 0.2) is 0 Å². The molecule has 0 radical (unpaired) electrons. The average molecular weight is 170 g/mol. The third-order valence-corrected chi connectivity index (χ3v) is 2.86. The van der Waals surface area contributed by atoms with Crippen molar-refractivity contribution in [3.63, 3.8) is 0 Å². The largest absolute Gasteiger partial charge is 0.316 e. The molecule has 2 nitrogen and oxygen atoms in total. The van der Waals surface area contributed by atoms with Gasteiger partial charge in [-0.2, -0.15) is 0 Å². The van der Waals surface area contributed by atoms with Crippen molar-refractivity contribution in [1.82, 2.24) is 10.2 Å². The highest BCUT2D eigenvalue weighted by Gasteiger charge is 2.31. The third kappa shape index (κ3) is 2.20. The number of piperidine rings is 1. The molecule has 0 amide bonds. The highest BCUT2D eigenvalue weighted by Crippen LogP contribution is 2.26.